The number of hydrogen-bond donors (Lipinski definition) is 2. The number of rotatable bonds is 4. The maximum Gasteiger partial charge on any atom is 0.246 e. The molecule has 0 bridgehead atoms. The molecule has 2 aromatic rings. The van der Waals surface area contributed by atoms with Crippen molar-refractivity contribution in [2.45, 2.75) is 19.4 Å². The molecular formula is C18H23IN4OS. The van der Waals surface area contributed by atoms with Gasteiger partial charge in [0.25, 0.3) is 0 Å². The molecule has 1 aromatic carbocycles. The van der Waals surface area contributed by atoms with Crippen molar-refractivity contribution in [2.75, 3.05) is 25.0 Å². The minimum Gasteiger partial charge on any atom is -0.352 e. The standard InChI is InChI=1S/C18H22N4OS.HI/c1-19-18(20-12-15-8-5-11-24-15)21-13-17(23)22-10-4-7-14-6-2-3-9-16(14)22;/h2-3,5-6,8-9,11H,4,7,10,12-13H2,1H3,(H2,19,20,21);1H. The molecule has 0 saturated heterocycles. The van der Waals surface area contributed by atoms with E-state index in [0.29, 0.717) is 12.5 Å². The first-order valence-corrected chi connectivity index (χ1v) is 9.01. The SMILES string of the molecule is CN=C(NCC(=O)N1CCCc2ccccc21)NCc1cccs1.I. The van der Waals surface area contributed by atoms with E-state index in [4.69, 9.17) is 0 Å². The highest BCUT2D eigenvalue weighted by molar-refractivity contribution is 14.0. The fourth-order valence-corrected chi connectivity index (χ4v) is 3.50. The lowest BCUT2D eigenvalue weighted by atomic mass is 10.0. The number of aryl methyl sites for hydroxylation is 1. The number of benzene rings is 1. The first kappa shape index (κ1) is 19.7. The minimum atomic E-state index is 0. The van der Waals surface area contributed by atoms with Crippen LogP contribution in [-0.4, -0.2) is 32.0 Å². The van der Waals surface area contributed by atoms with Gasteiger partial charge in [-0.2, -0.15) is 0 Å². The Morgan fingerprint density at radius 2 is 2.08 bits per heavy atom. The lowest BCUT2D eigenvalue weighted by Crippen LogP contribution is -2.45. The summed E-state index contributed by atoms with van der Waals surface area (Å²) in [5, 5.41) is 8.39. The highest BCUT2D eigenvalue weighted by Crippen LogP contribution is 2.26. The monoisotopic (exact) mass is 470 g/mol. The number of halogens is 1. The predicted molar refractivity (Wildman–Crippen MR) is 115 cm³/mol. The van der Waals surface area contributed by atoms with Gasteiger partial charge in [0.1, 0.15) is 0 Å². The first-order valence-electron chi connectivity index (χ1n) is 8.13. The molecule has 3 rings (SSSR count). The fourth-order valence-electron chi connectivity index (χ4n) is 2.85. The van der Waals surface area contributed by atoms with E-state index in [9.17, 15) is 4.79 Å². The van der Waals surface area contributed by atoms with Crippen LogP contribution in [0.2, 0.25) is 0 Å². The number of guanidine groups is 1. The molecule has 25 heavy (non-hydrogen) atoms. The Morgan fingerprint density at radius 1 is 1.24 bits per heavy atom. The number of thiophene rings is 1. The maximum absolute atomic E-state index is 12.6. The van der Waals surface area contributed by atoms with E-state index in [2.05, 4.69) is 27.8 Å². The van der Waals surface area contributed by atoms with Crippen LogP contribution in [0, 0.1) is 0 Å². The lowest BCUT2D eigenvalue weighted by molar-refractivity contribution is -0.117. The van der Waals surface area contributed by atoms with Crippen LogP contribution in [0.3, 0.4) is 0 Å². The van der Waals surface area contributed by atoms with Gasteiger partial charge in [0.05, 0.1) is 13.1 Å². The second kappa shape index (κ2) is 9.76. The first-order chi connectivity index (χ1) is 11.8. The van der Waals surface area contributed by atoms with Crippen LogP contribution in [0.1, 0.15) is 16.9 Å². The van der Waals surface area contributed by atoms with E-state index in [0.717, 1.165) is 25.1 Å². The molecule has 0 saturated carbocycles. The Kier molecular flexibility index (Phi) is 7.70. The van der Waals surface area contributed by atoms with Gasteiger partial charge < -0.3 is 15.5 Å². The molecule has 0 unspecified atom stereocenters. The second-order valence-electron chi connectivity index (χ2n) is 5.64. The zero-order valence-electron chi connectivity index (χ0n) is 14.2. The van der Waals surface area contributed by atoms with Gasteiger partial charge in [-0.3, -0.25) is 9.79 Å². The van der Waals surface area contributed by atoms with E-state index in [1.165, 1.54) is 10.4 Å². The lowest BCUT2D eigenvalue weighted by Gasteiger charge is -2.29. The summed E-state index contributed by atoms with van der Waals surface area (Å²) in [6, 6.07) is 12.2. The zero-order valence-corrected chi connectivity index (χ0v) is 17.3. The molecule has 0 atom stereocenters. The number of nitrogens with zero attached hydrogens (tertiary/aromatic N) is 2. The van der Waals surface area contributed by atoms with Crippen molar-refractivity contribution in [3.63, 3.8) is 0 Å². The Labute approximate surface area is 169 Å². The fraction of sp³-hybridized carbons (Fsp3) is 0.333. The number of para-hydroxylation sites is 1. The van der Waals surface area contributed by atoms with Crippen LogP contribution in [0.5, 0.6) is 0 Å². The second-order valence-corrected chi connectivity index (χ2v) is 6.67. The minimum absolute atomic E-state index is 0. The molecule has 0 spiro atoms. The number of aliphatic imine (C=N–C) groups is 1. The summed E-state index contributed by atoms with van der Waals surface area (Å²) in [6.45, 7) is 1.72. The van der Waals surface area contributed by atoms with Crippen molar-refractivity contribution in [1.82, 2.24) is 10.6 Å². The quantitative estimate of drug-likeness (QED) is 0.411. The molecule has 7 heteroatoms. The number of anilines is 1. The summed E-state index contributed by atoms with van der Waals surface area (Å²) in [5.41, 5.74) is 2.29. The van der Waals surface area contributed by atoms with Crippen molar-refractivity contribution >= 4 is 52.9 Å². The number of nitrogens with one attached hydrogen (secondary N) is 2. The van der Waals surface area contributed by atoms with Crippen molar-refractivity contribution in [3.8, 4) is 0 Å². The summed E-state index contributed by atoms with van der Waals surface area (Å²) in [5.74, 6) is 0.711. The van der Waals surface area contributed by atoms with Crippen LogP contribution in [-0.2, 0) is 17.8 Å². The normalized spacial score (nSPS) is 13.6. The van der Waals surface area contributed by atoms with E-state index < -0.39 is 0 Å². The van der Waals surface area contributed by atoms with E-state index in [1.807, 2.05) is 34.5 Å². The van der Waals surface area contributed by atoms with Crippen LogP contribution in [0.15, 0.2) is 46.8 Å². The Morgan fingerprint density at radius 3 is 2.84 bits per heavy atom. The summed E-state index contributed by atoms with van der Waals surface area (Å²) < 4.78 is 0. The topological polar surface area (TPSA) is 56.7 Å². The Bertz CT molecular complexity index is 718. The van der Waals surface area contributed by atoms with E-state index >= 15 is 0 Å². The molecule has 0 fully saturated rings. The van der Waals surface area contributed by atoms with Crippen molar-refractivity contribution in [1.29, 1.82) is 0 Å². The summed E-state index contributed by atoms with van der Waals surface area (Å²) in [6.07, 6.45) is 2.05. The third-order valence-corrected chi connectivity index (χ3v) is 4.93. The number of hydrogen-bond acceptors (Lipinski definition) is 3. The molecule has 1 aliphatic heterocycles. The van der Waals surface area contributed by atoms with Crippen molar-refractivity contribution < 1.29 is 4.79 Å². The van der Waals surface area contributed by atoms with Crippen LogP contribution in [0.25, 0.3) is 0 Å². The van der Waals surface area contributed by atoms with Gasteiger partial charge in [0, 0.05) is 24.2 Å². The number of fused-ring (bicyclic) bond motifs is 1. The molecule has 0 radical (unpaired) electrons. The van der Waals surface area contributed by atoms with Crippen LogP contribution >= 0.6 is 35.3 Å². The number of amides is 1. The number of carbonyl (C=O) groups excluding carboxylic acids is 1. The summed E-state index contributed by atoms with van der Waals surface area (Å²) >= 11 is 1.69. The van der Waals surface area contributed by atoms with E-state index in [1.54, 1.807) is 18.4 Å². The zero-order chi connectivity index (χ0) is 16.8. The molecule has 1 aromatic heterocycles. The van der Waals surface area contributed by atoms with Gasteiger partial charge >= 0.3 is 0 Å². The summed E-state index contributed by atoms with van der Waals surface area (Å²) in [7, 11) is 1.71. The summed E-state index contributed by atoms with van der Waals surface area (Å²) in [4.78, 5) is 19.9. The van der Waals surface area contributed by atoms with Gasteiger partial charge in [-0.15, -0.1) is 35.3 Å². The smallest absolute Gasteiger partial charge is 0.246 e. The molecule has 1 amide bonds. The largest absolute Gasteiger partial charge is 0.352 e. The Balaban J connectivity index is 0.00000225. The average Bonchev–Trinajstić information content (AvgIpc) is 3.14. The molecule has 1 aliphatic rings. The molecule has 5 nitrogen and oxygen atoms in total. The van der Waals surface area contributed by atoms with E-state index in [-0.39, 0.29) is 36.4 Å². The molecule has 134 valence electrons. The van der Waals surface area contributed by atoms with Gasteiger partial charge in [0.2, 0.25) is 5.91 Å². The van der Waals surface area contributed by atoms with Gasteiger partial charge in [-0.05, 0) is 35.9 Å². The average molecular weight is 470 g/mol. The van der Waals surface area contributed by atoms with Crippen LogP contribution < -0.4 is 15.5 Å². The Hall–Kier alpha value is -1.61. The van der Waals surface area contributed by atoms with Crippen LogP contribution in [0.4, 0.5) is 5.69 Å². The van der Waals surface area contributed by atoms with Gasteiger partial charge in [-0.1, -0.05) is 24.3 Å². The van der Waals surface area contributed by atoms with Gasteiger partial charge in [-0.25, -0.2) is 0 Å². The highest BCUT2D eigenvalue weighted by Gasteiger charge is 2.21. The number of carbonyl (C=O) groups is 1. The molecule has 2 N–H and O–H groups in total. The predicted octanol–water partition coefficient (Wildman–Crippen LogP) is 3.01. The third kappa shape index (κ3) is 5.18. The molecule has 2 heterocycles. The highest BCUT2D eigenvalue weighted by atomic mass is 127. The van der Waals surface area contributed by atoms with Crippen molar-refractivity contribution in [2.24, 2.45) is 4.99 Å². The van der Waals surface area contributed by atoms with Gasteiger partial charge in [0.15, 0.2) is 5.96 Å². The van der Waals surface area contributed by atoms with Crippen molar-refractivity contribution in [3.05, 3.63) is 52.2 Å². The molecule has 0 aliphatic carbocycles. The maximum atomic E-state index is 12.6. The molecular weight excluding hydrogens is 447 g/mol. The third-order valence-electron chi connectivity index (χ3n) is 4.05.